The predicted molar refractivity (Wildman–Crippen MR) is 124 cm³/mol. The Kier molecular flexibility index (Phi) is 7.70. The minimum absolute atomic E-state index is 0.0934. The van der Waals surface area contributed by atoms with Crippen LogP contribution in [0, 0.1) is 0 Å². The lowest BCUT2D eigenvalue weighted by Crippen LogP contribution is -2.31. The van der Waals surface area contributed by atoms with Crippen LogP contribution in [-0.2, 0) is 20.7 Å². The molecule has 2 aromatic carbocycles. The fraction of sp³-hybridized carbons (Fsp3) is 0.385. The van der Waals surface area contributed by atoms with E-state index in [9.17, 15) is 14.7 Å². The van der Waals surface area contributed by atoms with Crippen molar-refractivity contribution < 1.29 is 24.2 Å². The van der Waals surface area contributed by atoms with E-state index in [2.05, 4.69) is 6.92 Å². The van der Waals surface area contributed by atoms with Gasteiger partial charge in [-0.3, -0.25) is 9.59 Å². The minimum Gasteiger partial charge on any atom is -0.507 e. The van der Waals surface area contributed by atoms with Gasteiger partial charge < -0.3 is 19.5 Å². The number of Topliss-reactive ketones (excluding diaryl/α,β-unsaturated/α-hetero) is 1. The van der Waals surface area contributed by atoms with E-state index in [-0.39, 0.29) is 17.4 Å². The number of ketones is 1. The number of likely N-dealkylation sites (tertiary alicyclic amines) is 1. The fourth-order valence-electron chi connectivity index (χ4n) is 3.87. The number of methoxy groups -OCH3 is 1. The Balaban J connectivity index is 2.04. The molecule has 1 heterocycles. The molecule has 0 aliphatic carbocycles. The summed E-state index contributed by atoms with van der Waals surface area (Å²) in [5, 5.41) is 11.1. The van der Waals surface area contributed by atoms with Crippen LogP contribution < -0.4 is 4.74 Å². The molecule has 0 saturated carbocycles. The number of amides is 1. The SMILES string of the molecule is CCc1ccc([C@H]2C(=C(O)c3cccc(OC)c3)C(=O)C(=O)N2CCCOC(C)C)cc1. The number of rotatable bonds is 9. The Hall–Kier alpha value is -3.12. The van der Waals surface area contributed by atoms with Gasteiger partial charge in [-0.2, -0.15) is 0 Å². The molecule has 170 valence electrons. The lowest BCUT2D eigenvalue weighted by atomic mass is 9.94. The van der Waals surface area contributed by atoms with Crippen LogP contribution in [0.15, 0.2) is 54.1 Å². The van der Waals surface area contributed by atoms with E-state index >= 15 is 0 Å². The van der Waals surface area contributed by atoms with Crippen molar-refractivity contribution in [2.24, 2.45) is 0 Å². The Morgan fingerprint density at radius 1 is 1.12 bits per heavy atom. The number of ether oxygens (including phenoxy) is 2. The Morgan fingerprint density at radius 3 is 2.47 bits per heavy atom. The van der Waals surface area contributed by atoms with Crippen molar-refractivity contribution in [3.63, 3.8) is 0 Å². The third-order valence-electron chi connectivity index (χ3n) is 5.58. The highest BCUT2D eigenvalue weighted by molar-refractivity contribution is 6.46. The monoisotopic (exact) mass is 437 g/mol. The normalized spacial score (nSPS) is 17.9. The zero-order valence-corrected chi connectivity index (χ0v) is 19.1. The average molecular weight is 438 g/mol. The highest BCUT2D eigenvalue weighted by atomic mass is 16.5. The van der Waals surface area contributed by atoms with Gasteiger partial charge in [0.15, 0.2) is 0 Å². The Labute approximate surface area is 189 Å². The van der Waals surface area contributed by atoms with Crippen LogP contribution in [0.25, 0.3) is 5.76 Å². The van der Waals surface area contributed by atoms with Crippen LogP contribution in [0.4, 0.5) is 0 Å². The molecule has 0 unspecified atom stereocenters. The van der Waals surface area contributed by atoms with E-state index in [4.69, 9.17) is 9.47 Å². The summed E-state index contributed by atoms with van der Waals surface area (Å²) in [6.07, 6.45) is 1.57. The average Bonchev–Trinajstić information content (AvgIpc) is 3.06. The number of aryl methyl sites for hydroxylation is 1. The molecule has 6 heteroatoms. The van der Waals surface area contributed by atoms with Crippen LogP contribution in [0.2, 0.25) is 0 Å². The topological polar surface area (TPSA) is 76.1 Å². The van der Waals surface area contributed by atoms with Crippen molar-refractivity contribution >= 4 is 17.4 Å². The zero-order valence-electron chi connectivity index (χ0n) is 19.1. The highest BCUT2D eigenvalue weighted by Crippen LogP contribution is 2.39. The van der Waals surface area contributed by atoms with Gasteiger partial charge in [0.25, 0.3) is 11.7 Å². The van der Waals surface area contributed by atoms with E-state index in [0.717, 1.165) is 17.5 Å². The van der Waals surface area contributed by atoms with Gasteiger partial charge in [0, 0.05) is 18.7 Å². The molecule has 1 aliphatic rings. The fourth-order valence-corrected chi connectivity index (χ4v) is 3.87. The molecule has 6 nitrogen and oxygen atoms in total. The third-order valence-corrected chi connectivity index (χ3v) is 5.58. The summed E-state index contributed by atoms with van der Waals surface area (Å²) >= 11 is 0. The van der Waals surface area contributed by atoms with Crippen LogP contribution in [0.3, 0.4) is 0 Å². The summed E-state index contributed by atoms with van der Waals surface area (Å²) in [7, 11) is 1.53. The first-order valence-corrected chi connectivity index (χ1v) is 11.0. The van der Waals surface area contributed by atoms with Crippen LogP contribution >= 0.6 is 0 Å². The van der Waals surface area contributed by atoms with E-state index in [1.807, 2.05) is 38.1 Å². The first-order valence-electron chi connectivity index (χ1n) is 11.0. The number of carbonyl (C=O) groups excluding carboxylic acids is 2. The van der Waals surface area contributed by atoms with Gasteiger partial charge in [-0.15, -0.1) is 0 Å². The van der Waals surface area contributed by atoms with Gasteiger partial charge in [-0.05, 0) is 49.9 Å². The molecule has 1 N–H and O–H groups in total. The van der Waals surface area contributed by atoms with Crippen molar-refractivity contribution in [2.75, 3.05) is 20.3 Å². The summed E-state index contributed by atoms with van der Waals surface area (Å²) in [5.74, 6) is -0.936. The van der Waals surface area contributed by atoms with Crippen molar-refractivity contribution in [1.82, 2.24) is 4.90 Å². The van der Waals surface area contributed by atoms with Crippen molar-refractivity contribution in [3.05, 3.63) is 70.8 Å². The van der Waals surface area contributed by atoms with Gasteiger partial charge in [-0.25, -0.2) is 0 Å². The molecular formula is C26H31NO5. The smallest absolute Gasteiger partial charge is 0.295 e. The Morgan fingerprint density at radius 2 is 1.84 bits per heavy atom. The van der Waals surface area contributed by atoms with E-state index in [1.54, 1.807) is 29.2 Å². The third kappa shape index (κ3) is 5.02. The number of hydrogen-bond acceptors (Lipinski definition) is 5. The first-order chi connectivity index (χ1) is 15.4. The molecule has 0 spiro atoms. The molecule has 1 aliphatic heterocycles. The van der Waals surface area contributed by atoms with Gasteiger partial charge in [0.05, 0.1) is 24.8 Å². The standard InChI is InChI=1S/C26H31NO5/c1-5-18-10-12-19(13-11-18)23-22(24(28)20-8-6-9-21(16-20)31-4)25(29)26(30)27(23)14-7-15-32-17(2)3/h6,8-13,16-17,23,28H,5,7,14-15H2,1-4H3/t23-/m0/s1. The molecule has 1 amide bonds. The number of aliphatic hydroxyl groups excluding tert-OH is 1. The maximum absolute atomic E-state index is 13.1. The van der Waals surface area contributed by atoms with Crippen LogP contribution in [-0.4, -0.2) is 48.1 Å². The van der Waals surface area contributed by atoms with Gasteiger partial charge in [0.1, 0.15) is 11.5 Å². The quantitative estimate of drug-likeness (QED) is 0.271. The van der Waals surface area contributed by atoms with Crippen LogP contribution in [0.5, 0.6) is 5.75 Å². The maximum Gasteiger partial charge on any atom is 0.295 e. The zero-order chi connectivity index (χ0) is 23.3. The molecule has 2 aromatic rings. The second kappa shape index (κ2) is 10.5. The van der Waals surface area contributed by atoms with E-state index in [0.29, 0.717) is 30.9 Å². The molecule has 1 atom stereocenters. The molecule has 0 bridgehead atoms. The minimum atomic E-state index is -0.681. The molecule has 1 saturated heterocycles. The molecule has 1 fully saturated rings. The van der Waals surface area contributed by atoms with Crippen molar-refractivity contribution in [3.8, 4) is 5.75 Å². The summed E-state index contributed by atoms with van der Waals surface area (Å²) in [4.78, 5) is 27.6. The number of carbonyl (C=O) groups is 2. The largest absolute Gasteiger partial charge is 0.507 e. The highest BCUT2D eigenvalue weighted by Gasteiger charge is 2.45. The Bertz CT molecular complexity index is 994. The van der Waals surface area contributed by atoms with Gasteiger partial charge in [0.2, 0.25) is 0 Å². The molecule has 3 rings (SSSR count). The molecular weight excluding hydrogens is 406 g/mol. The number of nitrogens with zero attached hydrogens (tertiary/aromatic N) is 1. The summed E-state index contributed by atoms with van der Waals surface area (Å²) in [6.45, 7) is 6.81. The second-order valence-corrected chi connectivity index (χ2v) is 8.09. The predicted octanol–water partition coefficient (Wildman–Crippen LogP) is 4.49. The molecule has 0 radical (unpaired) electrons. The summed E-state index contributed by atoms with van der Waals surface area (Å²) in [5.41, 5.74) is 2.47. The van der Waals surface area contributed by atoms with Crippen molar-refractivity contribution in [2.45, 2.75) is 45.8 Å². The number of benzene rings is 2. The first kappa shape index (κ1) is 23.5. The van der Waals surface area contributed by atoms with Crippen molar-refractivity contribution in [1.29, 1.82) is 0 Å². The lowest BCUT2D eigenvalue weighted by molar-refractivity contribution is -0.140. The second-order valence-electron chi connectivity index (χ2n) is 8.09. The summed E-state index contributed by atoms with van der Waals surface area (Å²) < 4.78 is 10.9. The maximum atomic E-state index is 13.1. The van der Waals surface area contributed by atoms with E-state index in [1.165, 1.54) is 7.11 Å². The summed E-state index contributed by atoms with van der Waals surface area (Å²) in [6, 6.07) is 14.0. The van der Waals surface area contributed by atoms with Gasteiger partial charge in [-0.1, -0.05) is 43.3 Å². The molecule has 0 aromatic heterocycles. The number of hydrogen-bond donors (Lipinski definition) is 1. The van der Waals surface area contributed by atoms with Crippen LogP contribution in [0.1, 0.15) is 49.9 Å². The molecule has 32 heavy (non-hydrogen) atoms. The number of aliphatic hydroxyl groups is 1. The van der Waals surface area contributed by atoms with E-state index < -0.39 is 17.7 Å². The van der Waals surface area contributed by atoms with Gasteiger partial charge >= 0.3 is 0 Å². The lowest BCUT2D eigenvalue weighted by Gasteiger charge is -2.25.